The van der Waals surface area contributed by atoms with Crippen LogP contribution >= 0.6 is 0 Å². The molecule has 0 aliphatic rings. The zero-order valence-corrected chi connectivity index (χ0v) is 13.8. The molecule has 0 aliphatic carbocycles. The van der Waals surface area contributed by atoms with Crippen LogP contribution in [-0.4, -0.2) is 42.4 Å². The molecule has 0 amide bonds. The van der Waals surface area contributed by atoms with Gasteiger partial charge < -0.3 is 13.3 Å². The Bertz CT molecular complexity index is 232. The minimum Gasteiger partial charge on any atom is -0.377 e. The van der Waals surface area contributed by atoms with Crippen molar-refractivity contribution in [1.82, 2.24) is 0 Å². The fourth-order valence-electron chi connectivity index (χ4n) is 1.88. The van der Waals surface area contributed by atoms with Gasteiger partial charge in [0.15, 0.2) is 0 Å². The van der Waals surface area contributed by atoms with E-state index in [2.05, 4.69) is 25.8 Å². The predicted octanol–water partition coefficient (Wildman–Crippen LogP) is 3.15. The summed E-state index contributed by atoms with van der Waals surface area (Å²) in [5.41, 5.74) is 1.31. The summed E-state index contributed by atoms with van der Waals surface area (Å²) in [7, 11) is 2.55. The van der Waals surface area contributed by atoms with Crippen molar-refractivity contribution in [2.24, 2.45) is 10.9 Å². The fraction of sp³-hybridized carbons (Fsp3) is 0.923. The van der Waals surface area contributed by atoms with Gasteiger partial charge in [0.1, 0.15) is 0 Å². The van der Waals surface area contributed by atoms with Crippen LogP contribution in [0.5, 0.6) is 0 Å². The van der Waals surface area contributed by atoms with Crippen molar-refractivity contribution in [3.63, 3.8) is 0 Å². The highest BCUT2D eigenvalue weighted by atomic mass is 28.4. The average Bonchev–Trinajstić information content (AvgIpc) is 2.38. The molecule has 0 N–H and O–H groups in total. The molecule has 0 radical (unpaired) electrons. The van der Waals surface area contributed by atoms with E-state index in [4.69, 9.17) is 13.3 Å². The highest BCUT2D eigenvalue weighted by molar-refractivity contribution is 6.60. The van der Waals surface area contributed by atoms with Crippen LogP contribution in [-0.2, 0) is 13.3 Å². The van der Waals surface area contributed by atoms with Crippen LogP contribution in [0.1, 0.15) is 40.0 Å². The molecule has 4 nitrogen and oxygen atoms in total. The van der Waals surface area contributed by atoms with E-state index in [0.29, 0.717) is 5.92 Å². The summed E-state index contributed by atoms with van der Waals surface area (Å²) in [6, 6.07) is 0.818. The van der Waals surface area contributed by atoms with E-state index in [1.54, 1.807) is 21.3 Å². The third-order valence-electron chi connectivity index (χ3n) is 2.96. The first-order chi connectivity index (χ1) is 8.53. The molecule has 0 atom stereocenters. The maximum atomic E-state index is 5.38. The van der Waals surface area contributed by atoms with Gasteiger partial charge in [0.05, 0.1) is 0 Å². The van der Waals surface area contributed by atoms with E-state index in [-0.39, 0.29) is 0 Å². The van der Waals surface area contributed by atoms with E-state index in [1.165, 1.54) is 5.71 Å². The van der Waals surface area contributed by atoms with Gasteiger partial charge in [-0.1, -0.05) is 20.8 Å². The number of hydrogen-bond donors (Lipinski definition) is 0. The molecule has 0 aromatic rings. The third-order valence-corrected chi connectivity index (χ3v) is 5.79. The fourth-order valence-corrected chi connectivity index (χ4v) is 3.58. The second kappa shape index (κ2) is 9.66. The second-order valence-electron chi connectivity index (χ2n) is 4.80. The molecule has 18 heavy (non-hydrogen) atoms. The summed E-state index contributed by atoms with van der Waals surface area (Å²) in [6.07, 6.45) is 3.08. The first kappa shape index (κ1) is 17.8. The van der Waals surface area contributed by atoms with E-state index in [1.807, 2.05) is 0 Å². The second-order valence-corrected chi connectivity index (χ2v) is 7.89. The lowest BCUT2D eigenvalue weighted by molar-refractivity contribution is 0.123. The summed E-state index contributed by atoms with van der Waals surface area (Å²) in [6.45, 7) is 7.45. The van der Waals surface area contributed by atoms with Crippen molar-refractivity contribution in [2.75, 3.05) is 27.9 Å². The largest absolute Gasteiger partial charge is 0.500 e. The highest BCUT2D eigenvalue weighted by Crippen LogP contribution is 2.15. The van der Waals surface area contributed by atoms with E-state index in [0.717, 1.165) is 31.9 Å². The normalized spacial score (nSPS) is 13.4. The number of hydrogen-bond acceptors (Lipinski definition) is 4. The molecule has 0 fully saturated rings. The standard InChI is InChI=1S/C13H29NO3Si/c1-7-13(11-12(2)3)14-9-8-10-18(15-4,16-5)17-6/h12H,7-11H2,1-6H3. The molecule has 5 heteroatoms. The van der Waals surface area contributed by atoms with Crippen LogP contribution < -0.4 is 0 Å². The predicted molar refractivity (Wildman–Crippen MR) is 78.3 cm³/mol. The molecule has 0 unspecified atom stereocenters. The number of rotatable bonds is 10. The highest BCUT2D eigenvalue weighted by Gasteiger charge is 2.36. The Hall–Kier alpha value is -0.233. The summed E-state index contributed by atoms with van der Waals surface area (Å²) in [4.78, 5) is 4.66. The van der Waals surface area contributed by atoms with Gasteiger partial charge in [0.2, 0.25) is 0 Å². The van der Waals surface area contributed by atoms with Gasteiger partial charge in [-0.2, -0.15) is 0 Å². The third kappa shape index (κ3) is 6.63. The van der Waals surface area contributed by atoms with Crippen LogP contribution in [0.15, 0.2) is 4.99 Å². The van der Waals surface area contributed by atoms with Crippen molar-refractivity contribution < 1.29 is 13.3 Å². The Labute approximate surface area is 113 Å². The van der Waals surface area contributed by atoms with Crippen molar-refractivity contribution in [3.05, 3.63) is 0 Å². The van der Waals surface area contributed by atoms with E-state index < -0.39 is 8.80 Å². The summed E-state index contributed by atoms with van der Waals surface area (Å²) < 4.78 is 16.1. The zero-order chi connectivity index (χ0) is 14.0. The van der Waals surface area contributed by atoms with Gasteiger partial charge in [-0.15, -0.1) is 0 Å². The Morgan fingerprint density at radius 3 is 2.06 bits per heavy atom. The Kier molecular flexibility index (Phi) is 9.54. The van der Waals surface area contributed by atoms with Crippen LogP contribution in [0, 0.1) is 5.92 Å². The molecule has 0 rings (SSSR count). The minimum absolute atomic E-state index is 0.675. The SMILES string of the molecule is CCC(CC(C)C)=NCCC[Si](OC)(OC)OC. The Morgan fingerprint density at radius 2 is 1.67 bits per heavy atom. The molecular weight excluding hydrogens is 246 g/mol. The number of aliphatic imine (C=N–C) groups is 1. The maximum absolute atomic E-state index is 5.38. The minimum atomic E-state index is -2.40. The first-order valence-electron chi connectivity index (χ1n) is 6.71. The van der Waals surface area contributed by atoms with Gasteiger partial charge >= 0.3 is 8.80 Å². The topological polar surface area (TPSA) is 40.0 Å². The molecule has 108 valence electrons. The summed E-state index contributed by atoms with van der Waals surface area (Å²) in [5.74, 6) is 0.675. The summed E-state index contributed by atoms with van der Waals surface area (Å²) >= 11 is 0. The Morgan fingerprint density at radius 1 is 1.11 bits per heavy atom. The number of nitrogens with zero attached hydrogens (tertiary/aromatic N) is 1. The van der Waals surface area contributed by atoms with Gasteiger partial charge in [0.25, 0.3) is 0 Å². The quantitative estimate of drug-likeness (QED) is 0.349. The molecule has 0 aliphatic heterocycles. The van der Waals surface area contributed by atoms with Crippen molar-refractivity contribution >= 4 is 14.5 Å². The molecule has 0 heterocycles. The van der Waals surface area contributed by atoms with E-state index >= 15 is 0 Å². The van der Waals surface area contributed by atoms with Crippen LogP contribution in [0.25, 0.3) is 0 Å². The van der Waals surface area contributed by atoms with Crippen molar-refractivity contribution in [3.8, 4) is 0 Å². The van der Waals surface area contributed by atoms with Gasteiger partial charge in [0, 0.05) is 39.6 Å². The molecule has 0 spiro atoms. The molecule has 0 saturated heterocycles. The van der Waals surface area contributed by atoms with Gasteiger partial charge in [-0.05, 0) is 25.2 Å². The lowest BCUT2D eigenvalue weighted by Crippen LogP contribution is -2.42. The van der Waals surface area contributed by atoms with Crippen LogP contribution in [0.3, 0.4) is 0 Å². The average molecular weight is 275 g/mol. The first-order valence-corrected chi connectivity index (χ1v) is 8.64. The monoisotopic (exact) mass is 275 g/mol. The lowest BCUT2D eigenvalue weighted by Gasteiger charge is -2.23. The smallest absolute Gasteiger partial charge is 0.377 e. The summed E-state index contributed by atoms with van der Waals surface area (Å²) in [5, 5.41) is 0. The molecule has 0 bridgehead atoms. The van der Waals surface area contributed by atoms with Crippen LogP contribution in [0.2, 0.25) is 6.04 Å². The van der Waals surface area contributed by atoms with Crippen molar-refractivity contribution in [2.45, 2.75) is 46.1 Å². The molecule has 0 saturated carbocycles. The van der Waals surface area contributed by atoms with Crippen molar-refractivity contribution in [1.29, 1.82) is 0 Å². The zero-order valence-electron chi connectivity index (χ0n) is 12.8. The molecule has 0 aromatic heterocycles. The Balaban J connectivity index is 4.12. The lowest BCUT2D eigenvalue weighted by atomic mass is 10.1. The van der Waals surface area contributed by atoms with Gasteiger partial charge in [-0.3, -0.25) is 4.99 Å². The molecule has 0 aromatic carbocycles. The van der Waals surface area contributed by atoms with Crippen LogP contribution in [0.4, 0.5) is 0 Å². The maximum Gasteiger partial charge on any atom is 0.500 e. The van der Waals surface area contributed by atoms with E-state index in [9.17, 15) is 0 Å². The molecular formula is C13H29NO3Si. The van der Waals surface area contributed by atoms with Gasteiger partial charge in [-0.25, -0.2) is 0 Å².